The Morgan fingerprint density at radius 3 is 2.57 bits per heavy atom. The second-order valence-corrected chi connectivity index (χ2v) is 5.25. The minimum absolute atomic E-state index is 0.177. The molecule has 21 heavy (non-hydrogen) atoms. The number of benzene rings is 1. The van der Waals surface area contributed by atoms with E-state index in [4.69, 9.17) is 14.2 Å². The second-order valence-electron chi connectivity index (χ2n) is 5.25. The molecule has 0 saturated heterocycles. The molecule has 0 fully saturated rings. The lowest BCUT2D eigenvalue weighted by Crippen LogP contribution is -2.27. The summed E-state index contributed by atoms with van der Waals surface area (Å²) in [6.45, 7) is 7.21. The number of carbonyl (C=O) groups is 2. The predicted molar refractivity (Wildman–Crippen MR) is 78.4 cm³/mol. The highest BCUT2D eigenvalue weighted by molar-refractivity contribution is 5.85. The standard InChI is InChI=1S/C15H21NO5/c1-5-19-13(17)10-20-12-8-6-7-11(9-12)16-14(18)21-15(2,3)4/h6-9H,5,10H2,1-4H3,(H,16,18). The van der Waals surface area contributed by atoms with Crippen LogP contribution in [0.2, 0.25) is 0 Å². The smallest absolute Gasteiger partial charge is 0.412 e. The van der Waals surface area contributed by atoms with Crippen molar-refractivity contribution in [3.8, 4) is 5.75 Å². The molecule has 1 aromatic rings. The Balaban J connectivity index is 2.56. The van der Waals surface area contributed by atoms with Gasteiger partial charge in [-0.3, -0.25) is 5.32 Å². The Labute approximate surface area is 124 Å². The summed E-state index contributed by atoms with van der Waals surface area (Å²) in [6.07, 6.45) is -0.551. The van der Waals surface area contributed by atoms with E-state index in [9.17, 15) is 9.59 Å². The number of nitrogens with one attached hydrogen (secondary N) is 1. The van der Waals surface area contributed by atoms with Crippen LogP contribution >= 0.6 is 0 Å². The SMILES string of the molecule is CCOC(=O)COc1cccc(NC(=O)OC(C)(C)C)c1. The summed E-state index contributed by atoms with van der Waals surface area (Å²) in [5, 5.41) is 2.59. The topological polar surface area (TPSA) is 73.9 Å². The highest BCUT2D eigenvalue weighted by Crippen LogP contribution is 2.18. The van der Waals surface area contributed by atoms with Crippen molar-refractivity contribution in [2.75, 3.05) is 18.5 Å². The molecule has 0 unspecified atom stereocenters. The van der Waals surface area contributed by atoms with Gasteiger partial charge in [-0.2, -0.15) is 0 Å². The van der Waals surface area contributed by atoms with E-state index in [-0.39, 0.29) is 6.61 Å². The van der Waals surface area contributed by atoms with Gasteiger partial charge < -0.3 is 14.2 Å². The summed E-state index contributed by atoms with van der Waals surface area (Å²) in [7, 11) is 0. The molecule has 6 nitrogen and oxygen atoms in total. The minimum Gasteiger partial charge on any atom is -0.482 e. The van der Waals surface area contributed by atoms with Crippen LogP contribution in [-0.2, 0) is 14.3 Å². The van der Waals surface area contributed by atoms with Crippen molar-refractivity contribution in [1.29, 1.82) is 0 Å². The molecule has 0 aliphatic rings. The fourth-order valence-electron chi connectivity index (χ4n) is 1.43. The maximum absolute atomic E-state index is 11.6. The van der Waals surface area contributed by atoms with Gasteiger partial charge in [0.05, 0.1) is 6.61 Å². The van der Waals surface area contributed by atoms with E-state index in [1.54, 1.807) is 52.0 Å². The third-order valence-electron chi connectivity index (χ3n) is 2.14. The molecule has 0 heterocycles. The number of rotatable bonds is 5. The van der Waals surface area contributed by atoms with Crippen LogP contribution in [0, 0.1) is 0 Å². The van der Waals surface area contributed by atoms with E-state index >= 15 is 0 Å². The summed E-state index contributed by atoms with van der Waals surface area (Å²) in [6, 6.07) is 6.68. The maximum Gasteiger partial charge on any atom is 0.412 e. The number of esters is 1. The molecule has 0 bridgehead atoms. The van der Waals surface area contributed by atoms with Gasteiger partial charge in [-0.25, -0.2) is 9.59 Å². The molecule has 1 amide bonds. The molecule has 116 valence electrons. The number of carbonyl (C=O) groups excluding carboxylic acids is 2. The third-order valence-corrected chi connectivity index (χ3v) is 2.14. The zero-order valence-corrected chi connectivity index (χ0v) is 12.8. The van der Waals surface area contributed by atoms with Gasteiger partial charge in [-0.05, 0) is 39.8 Å². The maximum atomic E-state index is 11.6. The molecule has 6 heteroatoms. The lowest BCUT2D eigenvalue weighted by Gasteiger charge is -2.19. The molecule has 1 aromatic carbocycles. The van der Waals surface area contributed by atoms with Gasteiger partial charge in [0.1, 0.15) is 11.4 Å². The van der Waals surface area contributed by atoms with Crippen LogP contribution in [0.15, 0.2) is 24.3 Å². The van der Waals surface area contributed by atoms with Crippen molar-refractivity contribution in [2.24, 2.45) is 0 Å². The average molecular weight is 295 g/mol. The van der Waals surface area contributed by atoms with Gasteiger partial charge >= 0.3 is 12.1 Å². The zero-order valence-electron chi connectivity index (χ0n) is 12.8. The number of hydrogen-bond donors (Lipinski definition) is 1. The summed E-state index contributed by atoms with van der Waals surface area (Å²) >= 11 is 0. The van der Waals surface area contributed by atoms with Crippen molar-refractivity contribution >= 4 is 17.7 Å². The zero-order chi connectivity index (χ0) is 15.9. The van der Waals surface area contributed by atoms with Crippen LogP contribution in [0.5, 0.6) is 5.75 Å². The second kappa shape index (κ2) is 7.52. The summed E-state index contributed by atoms with van der Waals surface area (Å²) in [4.78, 5) is 22.8. The van der Waals surface area contributed by atoms with Crippen LogP contribution < -0.4 is 10.1 Å². The molecule has 0 atom stereocenters. The van der Waals surface area contributed by atoms with Crippen LogP contribution in [0.3, 0.4) is 0 Å². The molecule has 0 saturated carbocycles. The first-order chi connectivity index (χ1) is 9.80. The van der Waals surface area contributed by atoms with Crippen molar-refractivity contribution in [3.05, 3.63) is 24.3 Å². The Morgan fingerprint density at radius 1 is 1.24 bits per heavy atom. The highest BCUT2D eigenvalue weighted by Gasteiger charge is 2.16. The highest BCUT2D eigenvalue weighted by atomic mass is 16.6. The number of anilines is 1. The summed E-state index contributed by atoms with van der Waals surface area (Å²) in [5.74, 6) is 0.0135. The van der Waals surface area contributed by atoms with Crippen LogP contribution in [0.1, 0.15) is 27.7 Å². The Kier molecular flexibility index (Phi) is 6.02. The Hall–Kier alpha value is -2.24. The van der Waals surface area contributed by atoms with Gasteiger partial charge in [0.25, 0.3) is 0 Å². The normalized spacial score (nSPS) is 10.7. The molecular formula is C15H21NO5. The first kappa shape index (κ1) is 16.8. The van der Waals surface area contributed by atoms with Gasteiger partial charge in [0.15, 0.2) is 6.61 Å². The lowest BCUT2D eigenvalue weighted by molar-refractivity contribution is -0.145. The Morgan fingerprint density at radius 2 is 1.95 bits per heavy atom. The summed E-state index contributed by atoms with van der Waals surface area (Å²) < 4.78 is 15.2. The van der Waals surface area contributed by atoms with E-state index in [0.717, 1.165) is 0 Å². The minimum atomic E-state index is -0.567. The molecule has 0 radical (unpaired) electrons. The van der Waals surface area contributed by atoms with Crippen LogP contribution in [0.25, 0.3) is 0 Å². The van der Waals surface area contributed by atoms with E-state index in [2.05, 4.69) is 5.32 Å². The van der Waals surface area contributed by atoms with E-state index < -0.39 is 17.7 Å². The van der Waals surface area contributed by atoms with Crippen molar-refractivity contribution in [1.82, 2.24) is 0 Å². The van der Waals surface area contributed by atoms with Crippen molar-refractivity contribution in [3.63, 3.8) is 0 Å². The fraction of sp³-hybridized carbons (Fsp3) is 0.467. The van der Waals surface area contributed by atoms with Gasteiger partial charge in [-0.15, -0.1) is 0 Å². The molecule has 0 aromatic heterocycles. The quantitative estimate of drug-likeness (QED) is 0.845. The lowest BCUT2D eigenvalue weighted by atomic mass is 10.2. The first-order valence-corrected chi connectivity index (χ1v) is 6.68. The predicted octanol–water partition coefficient (Wildman–Crippen LogP) is 2.98. The molecule has 0 aliphatic carbocycles. The number of ether oxygens (including phenoxy) is 3. The summed E-state index contributed by atoms with van der Waals surface area (Å²) in [5.41, 5.74) is -0.0483. The molecule has 0 spiro atoms. The molecular weight excluding hydrogens is 274 g/mol. The first-order valence-electron chi connectivity index (χ1n) is 6.68. The number of hydrogen-bond acceptors (Lipinski definition) is 5. The Bertz CT molecular complexity index is 493. The van der Waals surface area contributed by atoms with Gasteiger partial charge in [0, 0.05) is 11.8 Å². The average Bonchev–Trinajstić information content (AvgIpc) is 2.35. The monoisotopic (exact) mass is 295 g/mol. The molecule has 0 aliphatic heterocycles. The van der Waals surface area contributed by atoms with Crippen molar-refractivity contribution in [2.45, 2.75) is 33.3 Å². The number of amides is 1. The van der Waals surface area contributed by atoms with Crippen molar-refractivity contribution < 1.29 is 23.8 Å². The van der Waals surface area contributed by atoms with Gasteiger partial charge in [0.2, 0.25) is 0 Å². The van der Waals surface area contributed by atoms with E-state index in [1.807, 2.05) is 0 Å². The van der Waals surface area contributed by atoms with Crippen LogP contribution in [-0.4, -0.2) is 30.9 Å². The van der Waals surface area contributed by atoms with Crippen LogP contribution in [0.4, 0.5) is 10.5 Å². The largest absolute Gasteiger partial charge is 0.482 e. The fourth-order valence-corrected chi connectivity index (χ4v) is 1.43. The van der Waals surface area contributed by atoms with E-state index in [0.29, 0.717) is 18.0 Å². The van der Waals surface area contributed by atoms with Gasteiger partial charge in [-0.1, -0.05) is 6.07 Å². The molecule has 1 N–H and O–H groups in total. The molecule has 1 rings (SSSR count). The third kappa shape index (κ3) is 7.20. The van der Waals surface area contributed by atoms with E-state index in [1.165, 1.54) is 0 Å².